The van der Waals surface area contributed by atoms with Crippen molar-refractivity contribution in [3.05, 3.63) is 46.1 Å². The molecule has 0 aliphatic rings. The van der Waals surface area contributed by atoms with E-state index in [2.05, 4.69) is 55.3 Å². The normalized spacial score (nSPS) is 12.7. The Kier molecular flexibility index (Phi) is 4.00. The zero-order valence-corrected chi connectivity index (χ0v) is 12.2. The molecule has 2 rings (SSSR count). The van der Waals surface area contributed by atoms with E-state index < -0.39 is 0 Å². The summed E-state index contributed by atoms with van der Waals surface area (Å²) in [5, 5.41) is 7.32. The molecular formula is C15H21N3O. The molecule has 1 unspecified atom stereocenters. The van der Waals surface area contributed by atoms with E-state index in [-0.39, 0.29) is 6.04 Å². The number of hydrogen-bond donors (Lipinski definition) is 1. The van der Waals surface area contributed by atoms with Gasteiger partial charge in [-0.05, 0) is 49.9 Å². The highest BCUT2D eigenvalue weighted by Gasteiger charge is 2.11. The van der Waals surface area contributed by atoms with E-state index >= 15 is 0 Å². The molecule has 1 aromatic carbocycles. The second-order valence-electron chi connectivity index (χ2n) is 5.13. The maximum absolute atomic E-state index is 4.96. The molecule has 0 amide bonds. The molecule has 0 aliphatic carbocycles. The summed E-state index contributed by atoms with van der Waals surface area (Å²) < 4.78 is 4.96. The first-order valence-corrected chi connectivity index (χ1v) is 6.57. The lowest BCUT2D eigenvalue weighted by molar-refractivity contribution is 0.384. The number of aryl methyl sites for hydroxylation is 4. The molecule has 0 aliphatic heterocycles. The van der Waals surface area contributed by atoms with Gasteiger partial charge in [0.1, 0.15) is 0 Å². The van der Waals surface area contributed by atoms with Crippen LogP contribution in [0.3, 0.4) is 0 Å². The summed E-state index contributed by atoms with van der Waals surface area (Å²) in [7, 11) is 0. The SMILES string of the molecule is Cc1nc(CNC(C)c2cc(C)c(C)cc2C)no1. The van der Waals surface area contributed by atoms with Gasteiger partial charge in [-0.25, -0.2) is 0 Å². The quantitative estimate of drug-likeness (QED) is 0.916. The Morgan fingerprint density at radius 3 is 2.42 bits per heavy atom. The average molecular weight is 259 g/mol. The zero-order valence-electron chi connectivity index (χ0n) is 12.2. The van der Waals surface area contributed by atoms with Crippen molar-refractivity contribution in [2.75, 3.05) is 0 Å². The van der Waals surface area contributed by atoms with Crippen LogP contribution in [0, 0.1) is 27.7 Å². The predicted octanol–water partition coefficient (Wildman–Crippen LogP) is 3.15. The van der Waals surface area contributed by atoms with Crippen LogP contribution in [0.1, 0.15) is 46.9 Å². The van der Waals surface area contributed by atoms with E-state index in [4.69, 9.17) is 4.52 Å². The highest BCUT2D eigenvalue weighted by molar-refractivity contribution is 5.38. The molecule has 0 fully saturated rings. The molecule has 1 N–H and O–H groups in total. The lowest BCUT2D eigenvalue weighted by Gasteiger charge is -2.17. The molecule has 1 aromatic heterocycles. The molecule has 0 saturated carbocycles. The zero-order chi connectivity index (χ0) is 14.0. The van der Waals surface area contributed by atoms with Gasteiger partial charge in [0.05, 0.1) is 6.54 Å². The van der Waals surface area contributed by atoms with Crippen LogP contribution in [0.25, 0.3) is 0 Å². The third-order valence-electron chi connectivity index (χ3n) is 3.48. The number of hydrogen-bond acceptors (Lipinski definition) is 4. The Hall–Kier alpha value is -1.68. The van der Waals surface area contributed by atoms with Gasteiger partial charge >= 0.3 is 0 Å². The van der Waals surface area contributed by atoms with Crippen molar-refractivity contribution >= 4 is 0 Å². The van der Waals surface area contributed by atoms with Gasteiger partial charge in [-0.15, -0.1) is 0 Å². The lowest BCUT2D eigenvalue weighted by atomic mass is 9.96. The van der Waals surface area contributed by atoms with E-state index in [0.29, 0.717) is 18.3 Å². The summed E-state index contributed by atoms with van der Waals surface area (Å²) in [5.41, 5.74) is 5.29. The molecule has 1 atom stereocenters. The van der Waals surface area contributed by atoms with Gasteiger partial charge in [0.2, 0.25) is 5.89 Å². The molecule has 0 radical (unpaired) electrons. The fourth-order valence-electron chi connectivity index (χ4n) is 2.22. The van der Waals surface area contributed by atoms with Gasteiger partial charge in [0, 0.05) is 13.0 Å². The summed E-state index contributed by atoms with van der Waals surface area (Å²) in [6, 6.07) is 4.75. The van der Waals surface area contributed by atoms with E-state index in [1.807, 2.05) is 0 Å². The molecule has 0 bridgehead atoms. The lowest BCUT2D eigenvalue weighted by Crippen LogP contribution is -2.20. The van der Waals surface area contributed by atoms with Crippen LogP contribution in [0.15, 0.2) is 16.7 Å². The Morgan fingerprint density at radius 1 is 1.11 bits per heavy atom. The molecule has 4 nitrogen and oxygen atoms in total. The van der Waals surface area contributed by atoms with Gasteiger partial charge in [-0.2, -0.15) is 4.98 Å². The molecule has 102 valence electrons. The van der Waals surface area contributed by atoms with Crippen LogP contribution in [0.4, 0.5) is 0 Å². The predicted molar refractivity (Wildman–Crippen MR) is 74.9 cm³/mol. The Bertz CT molecular complexity index is 575. The third kappa shape index (κ3) is 3.20. The van der Waals surface area contributed by atoms with Crippen LogP contribution in [0.2, 0.25) is 0 Å². The molecular weight excluding hydrogens is 238 g/mol. The standard InChI is InChI=1S/C15H21N3O/c1-9-6-11(3)14(7-10(9)2)12(4)16-8-15-17-13(5)19-18-15/h6-7,12,16H,8H2,1-5H3. The van der Waals surface area contributed by atoms with Crippen LogP contribution < -0.4 is 5.32 Å². The van der Waals surface area contributed by atoms with Crippen molar-refractivity contribution < 1.29 is 4.52 Å². The van der Waals surface area contributed by atoms with E-state index in [9.17, 15) is 0 Å². The van der Waals surface area contributed by atoms with Crippen LogP contribution >= 0.6 is 0 Å². The minimum Gasteiger partial charge on any atom is -0.340 e. The molecule has 0 saturated heterocycles. The van der Waals surface area contributed by atoms with Gasteiger partial charge in [-0.3, -0.25) is 0 Å². The molecule has 4 heteroatoms. The maximum atomic E-state index is 4.96. The van der Waals surface area contributed by atoms with Crippen LogP contribution in [-0.2, 0) is 6.54 Å². The summed E-state index contributed by atoms with van der Waals surface area (Å²) in [6.07, 6.45) is 0. The number of aromatic nitrogens is 2. The van der Waals surface area contributed by atoms with E-state index in [1.54, 1.807) is 6.92 Å². The Balaban J connectivity index is 2.07. The number of nitrogens with zero attached hydrogens (tertiary/aromatic N) is 2. The second kappa shape index (κ2) is 5.53. The monoisotopic (exact) mass is 259 g/mol. The van der Waals surface area contributed by atoms with E-state index in [1.165, 1.54) is 22.3 Å². The first-order valence-electron chi connectivity index (χ1n) is 6.57. The smallest absolute Gasteiger partial charge is 0.223 e. The molecule has 0 spiro atoms. The molecule has 19 heavy (non-hydrogen) atoms. The van der Waals surface area contributed by atoms with Crippen molar-refractivity contribution in [1.82, 2.24) is 15.5 Å². The van der Waals surface area contributed by atoms with Crippen molar-refractivity contribution in [3.8, 4) is 0 Å². The number of benzene rings is 1. The van der Waals surface area contributed by atoms with Crippen LogP contribution in [-0.4, -0.2) is 10.1 Å². The number of rotatable bonds is 4. The number of nitrogens with one attached hydrogen (secondary N) is 1. The van der Waals surface area contributed by atoms with Crippen LogP contribution in [0.5, 0.6) is 0 Å². The fourth-order valence-corrected chi connectivity index (χ4v) is 2.22. The fraction of sp³-hybridized carbons (Fsp3) is 0.467. The van der Waals surface area contributed by atoms with Gasteiger partial charge in [0.15, 0.2) is 5.82 Å². The minimum absolute atomic E-state index is 0.262. The van der Waals surface area contributed by atoms with Gasteiger partial charge in [0.25, 0.3) is 0 Å². The Morgan fingerprint density at radius 2 is 1.79 bits per heavy atom. The topological polar surface area (TPSA) is 51.0 Å². The summed E-state index contributed by atoms with van der Waals surface area (Å²) in [6.45, 7) is 11.0. The van der Waals surface area contributed by atoms with Gasteiger partial charge < -0.3 is 9.84 Å². The maximum Gasteiger partial charge on any atom is 0.223 e. The summed E-state index contributed by atoms with van der Waals surface area (Å²) in [5.74, 6) is 1.30. The van der Waals surface area contributed by atoms with Crippen molar-refractivity contribution in [1.29, 1.82) is 0 Å². The molecule has 2 aromatic rings. The molecule has 1 heterocycles. The highest BCUT2D eigenvalue weighted by Crippen LogP contribution is 2.21. The van der Waals surface area contributed by atoms with Crippen molar-refractivity contribution in [2.24, 2.45) is 0 Å². The highest BCUT2D eigenvalue weighted by atomic mass is 16.5. The Labute approximate surface area is 114 Å². The van der Waals surface area contributed by atoms with Crippen molar-refractivity contribution in [2.45, 2.75) is 47.2 Å². The van der Waals surface area contributed by atoms with Gasteiger partial charge in [-0.1, -0.05) is 17.3 Å². The third-order valence-corrected chi connectivity index (χ3v) is 3.48. The first kappa shape index (κ1) is 13.7. The summed E-state index contributed by atoms with van der Waals surface area (Å²) in [4.78, 5) is 4.19. The van der Waals surface area contributed by atoms with E-state index in [0.717, 1.165) is 0 Å². The largest absolute Gasteiger partial charge is 0.340 e. The van der Waals surface area contributed by atoms with Crippen molar-refractivity contribution in [3.63, 3.8) is 0 Å². The first-order chi connectivity index (χ1) is 8.97. The summed E-state index contributed by atoms with van der Waals surface area (Å²) >= 11 is 0. The second-order valence-corrected chi connectivity index (χ2v) is 5.13. The average Bonchev–Trinajstić information content (AvgIpc) is 2.77. The minimum atomic E-state index is 0.262.